The summed E-state index contributed by atoms with van der Waals surface area (Å²) in [6, 6.07) is 2.02. The van der Waals surface area contributed by atoms with E-state index in [1.54, 1.807) is 13.2 Å². The van der Waals surface area contributed by atoms with E-state index in [1.165, 1.54) is 0 Å². The fraction of sp³-hybridized carbons (Fsp3) is 0.611. The Morgan fingerprint density at radius 1 is 1.48 bits per heavy atom. The Balaban J connectivity index is 1.84. The first-order valence-corrected chi connectivity index (χ1v) is 8.41. The van der Waals surface area contributed by atoms with Crippen LogP contribution in [-0.2, 0) is 16.6 Å². The van der Waals surface area contributed by atoms with E-state index >= 15 is 0 Å². The second-order valence-corrected chi connectivity index (χ2v) is 7.43. The molecule has 4 unspecified atom stereocenters. The van der Waals surface area contributed by atoms with Crippen molar-refractivity contribution in [2.75, 3.05) is 20.7 Å². The molecule has 2 fully saturated rings. The van der Waals surface area contributed by atoms with Crippen molar-refractivity contribution < 1.29 is 19.4 Å². The van der Waals surface area contributed by atoms with E-state index in [4.69, 9.17) is 9.47 Å². The van der Waals surface area contributed by atoms with Gasteiger partial charge in [0.05, 0.1) is 7.11 Å². The van der Waals surface area contributed by atoms with Crippen molar-refractivity contribution in [1.82, 2.24) is 4.90 Å². The molecule has 122 valence electrons. The van der Waals surface area contributed by atoms with E-state index in [-0.39, 0.29) is 16.9 Å². The summed E-state index contributed by atoms with van der Waals surface area (Å²) in [7, 11) is 3.74. The number of benzene rings is 1. The van der Waals surface area contributed by atoms with Crippen molar-refractivity contribution in [1.29, 1.82) is 0 Å². The van der Waals surface area contributed by atoms with Gasteiger partial charge in [0, 0.05) is 35.1 Å². The number of phenolic OH excluding ortho intramolecular Hbond substituents is 1. The molecule has 0 amide bonds. The Bertz CT molecular complexity index is 730. The Labute approximate surface area is 135 Å². The van der Waals surface area contributed by atoms with E-state index in [9.17, 15) is 9.90 Å². The predicted octanol–water partition coefficient (Wildman–Crippen LogP) is 1.64. The number of aromatic hydroxyl groups is 1. The molecule has 1 saturated carbocycles. The van der Waals surface area contributed by atoms with Gasteiger partial charge in [0.1, 0.15) is 5.75 Å². The maximum Gasteiger partial charge on any atom is 0.174 e. The van der Waals surface area contributed by atoms with Crippen LogP contribution in [0.5, 0.6) is 17.2 Å². The summed E-state index contributed by atoms with van der Waals surface area (Å²) in [5.41, 5.74) is 1.77. The van der Waals surface area contributed by atoms with Gasteiger partial charge in [-0.2, -0.15) is 0 Å². The predicted molar refractivity (Wildman–Crippen MR) is 83.2 cm³/mol. The van der Waals surface area contributed by atoms with Crippen molar-refractivity contribution in [2.45, 2.75) is 43.2 Å². The van der Waals surface area contributed by atoms with E-state index < -0.39 is 6.10 Å². The molecule has 1 N–H and O–H groups in total. The molecule has 2 aliphatic heterocycles. The number of carbonyl (C=O) groups is 1. The van der Waals surface area contributed by atoms with Gasteiger partial charge in [0.2, 0.25) is 0 Å². The molecule has 23 heavy (non-hydrogen) atoms. The van der Waals surface area contributed by atoms with E-state index in [0.717, 1.165) is 36.9 Å². The van der Waals surface area contributed by atoms with Gasteiger partial charge in [-0.05, 0) is 38.8 Å². The van der Waals surface area contributed by atoms with E-state index in [1.807, 2.05) is 0 Å². The van der Waals surface area contributed by atoms with Crippen LogP contribution in [0.15, 0.2) is 6.07 Å². The van der Waals surface area contributed by atoms with Crippen LogP contribution in [0.2, 0.25) is 0 Å². The van der Waals surface area contributed by atoms with Gasteiger partial charge in [-0.25, -0.2) is 0 Å². The zero-order valence-electron chi connectivity index (χ0n) is 13.5. The Kier molecular flexibility index (Phi) is 2.50. The number of ketones is 1. The summed E-state index contributed by atoms with van der Waals surface area (Å²) >= 11 is 0. The molecule has 4 atom stereocenters. The molecule has 1 aromatic rings. The summed E-state index contributed by atoms with van der Waals surface area (Å²) in [5, 5.41) is 10.6. The van der Waals surface area contributed by atoms with E-state index in [2.05, 4.69) is 11.9 Å². The van der Waals surface area contributed by atoms with Crippen LogP contribution >= 0.6 is 0 Å². The first-order valence-electron chi connectivity index (χ1n) is 8.41. The first-order chi connectivity index (χ1) is 11.1. The summed E-state index contributed by atoms with van der Waals surface area (Å²) in [5.74, 6) is 2.16. The van der Waals surface area contributed by atoms with Gasteiger partial charge >= 0.3 is 0 Å². The van der Waals surface area contributed by atoms with Gasteiger partial charge in [0.15, 0.2) is 23.4 Å². The molecular weight excluding hydrogens is 294 g/mol. The Morgan fingerprint density at radius 2 is 2.30 bits per heavy atom. The summed E-state index contributed by atoms with van der Waals surface area (Å²) in [4.78, 5) is 15.0. The maximum absolute atomic E-state index is 12.6. The summed E-state index contributed by atoms with van der Waals surface area (Å²) < 4.78 is 11.6. The molecular formula is C18H21NO4. The largest absolute Gasteiger partial charge is 0.508 e. The molecule has 4 aliphatic rings. The lowest BCUT2D eigenvalue weighted by atomic mass is 9.51. The van der Waals surface area contributed by atoms with Gasteiger partial charge in [-0.15, -0.1) is 0 Å². The third-order valence-corrected chi connectivity index (χ3v) is 6.70. The summed E-state index contributed by atoms with van der Waals surface area (Å²) in [6.07, 6.45) is 2.85. The smallest absolute Gasteiger partial charge is 0.174 e. The van der Waals surface area contributed by atoms with Crippen LogP contribution in [-0.4, -0.2) is 48.6 Å². The number of likely N-dealkylation sites (N-methyl/N-ethyl adjacent to an activating group) is 1. The molecule has 0 radical (unpaired) electrons. The van der Waals surface area contributed by atoms with Crippen molar-refractivity contribution in [3.8, 4) is 17.2 Å². The van der Waals surface area contributed by atoms with Crippen LogP contribution in [0, 0.1) is 5.92 Å². The molecule has 5 rings (SSSR count). The van der Waals surface area contributed by atoms with Crippen LogP contribution in [0.3, 0.4) is 0 Å². The van der Waals surface area contributed by atoms with Crippen LogP contribution < -0.4 is 9.47 Å². The number of rotatable bonds is 1. The number of hydrogen-bond donors (Lipinski definition) is 1. The number of likely N-dealkylation sites (tertiary alicyclic amines) is 1. The second-order valence-electron chi connectivity index (χ2n) is 7.43. The van der Waals surface area contributed by atoms with Crippen molar-refractivity contribution in [3.05, 3.63) is 17.2 Å². The lowest BCUT2D eigenvalue weighted by Gasteiger charge is -2.57. The van der Waals surface area contributed by atoms with Crippen molar-refractivity contribution >= 4 is 5.78 Å². The number of ether oxygens (including phenoxy) is 2. The van der Waals surface area contributed by atoms with E-state index in [0.29, 0.717) is 29.9 Å². The normalized spacial score (nSPS) is 37.3. The quantitative estimate of drug-likeness (QED) is 0.854. The van der Waals surface area contributed by atoms with Gasteiger partial charge in [-0.1, -0.05) is 0 Å². The minimum Gasteiger partial charge on any atom is -0.508 e. The Hall–Kier alpha value is -1.75. The average Bonchev–Trinajstić information content (AvgIpc) is 2.89. The fourth-order valence-corrected chi connectivity index (χ4v) is 5.72. The fourth-order valence-electron chi connectivity index (χ4n) is 5.72. The highest BCUT2D eigenvalue weighted by molar-refractivity contribution is 5.89. The SMILES string of the molecule is COc1cc(O)c2c3c1OC1C(=O)CCC4C(C2)N(C)CCC314. The lowest BCUT2D eigenvalue weighted by molar-refractivity contribution is -0.138. The first kappa shape index (κ1) is 13.7. The molecule has 2 aliphatic carbocycles. The molecule has 2 heterocycles. The topological polar surface area (TPSA) is 59.0 Å². The van der Waals surface area contributed by atoms with Crippen molar-refractivity contribution in [3.63, 3.8) is 0 Å². The number of Topliss-reactive ketones (excluding diaryl/α,β-unsaturated/α-hetero) is 1. The zero-order valence-corrected chi connectivity index (χ0v) is 13.5. The number of hydrogen-bond acceptors (Lipinski definition) is 5. The Morgan fingerprint density at radius 3 is 3.09 bits per heavy atom. The third-order valence-electron chi connectivity index (χ3n) is 6.70. The minimum absolute atomic E-state index is 0.204. The standard InChI is InChI=1S/C18H21NO4/c1-19-6-5-18-10-3-4-12(20)17(18)23-16-14(22-2)8-13(21)9(15(16)18)7-11(10)19/h8,10-11,17,21H,3-7H2,1-2H3. The number of piperidine rings is 1. The highest BCUT2D eigenvalue weighted by Crippen LogP contribution is 2.64. The van der Waals surface area contributed by atoms with Crippen LogP contribution in [0.4, 0.5) is 0 Å². The number of phenols is 1. The molecule has 1 spiro atoms. The van der Waals surface area contributed by atoms with Crippen LogP contribution in [0.25, 0.3) is 0 Å². The zero-order chi connectivity index (χ0) is 15.9. The number of carbonyl (C=O) groups excluding carboxylic acids is 1. The second kappa shape index (κ2) is 4.20. The lowest BCUT2D eigenvalue weighted by Crippen LogP contribution is -2.65. The highest BCUT2D eigenvalue weighted by atomic mass is 16.5. The highest BCUT2D eigenvalue weighted by Gasteiger charge is 2.66. The minimum atomic E-state index is -0.401. The molecule has 5 nitrogen and oxygen atoms in total. The van der Waals surface area contributed by atoms with Gasteiger partial charge < -0.3 is 19.5 Å². The molecule has 1 saturated heterocycles. The maximum atomic E-state index is 12.6. The van der Waals surface area contributed by atoms with Gasteiger partial charge in [-0.3, -0.25) is 4.79 Å². The molecule has 5 heteroatoms. The third kappa shape index (κ3) is 1.41. The number of methoxy groups -OCH3 is 1. The summed E-state index contributed by atoms with van der Waals surface area (Å²) in [6.45, 7) is 0.963. The number of nitrogens with zero attached hydrogens (tertiary/aromatic N) is 1. The average molecular weight is 315 g/mol. The molecule has 2 bridgehead atoms. The van der Waals surface area contributed by atoms with Gasteiger partial charge in [0.25, 0.3) is 0 Å². The van der Waals surface area contributed by atoms with Crippen molar-refractivity contribution in [2.24, 2.45) is 5.92 Å². The molecule has 1 aromatic carbocycles. The van der Waals surface area contributed by atoms with Crippen LogP contribution in [0.1, 0.15) is 30.4 Å². The monoisotopic (exact) mass is 315 g/mol. The molecule has 0 aromatic heterocycles.